The number of pyridine rings is 1. The van der Waals surface area contributed by atoms with Gasteiger partial charge >= 0.3 is 5.97 Å². The normalized spacial score (nSPS) is 11.1. The van der Waals surface area contributed by atoms with Crippen molar-refractivity contribution >= 4 is 17.0 Å². The summed E-state index contributed by atoms with van der Waals surface area (Å²) in [5.41, 5.74) is 3.31. The van der Waals surface area contributed by atoms with Crippen molar-refractivity contribution < 1.29 is 9.53 Å². The lowest BCUT2D eigenvalue weighted by Gasteiger charge is -2.13. The Morgan fingerprint density at radius 1 is 1.26 bits per heavy atom. The van der Waals surface area contributed by atoms with Gasteiger partial charge in [-0.1, -0.05) is 32.0 Å². The fourth-order valence-electron chi connectivity index (χ4n) is 2.66. The molecule has 0 spiro atoms. The zero-order chi connectivity index (χ0) is 16.4. The Morgan fingerprint density at radius 3 is 2.78 bits per heavy atom. The minimum absolute atomic E-state index is 0.340. The Labute approximate surface area is 134 Å². The number of hydrogen-bond acceptors (Lipinski definition) is 4. The summed E-state index contributed by atoms with van der Waals surface area (Å²) >= 11 is 0. The fraction of sp³-hybridized carbons (Fsp3) is 0.278. The van der Waals surface area contributed by atoms with Crippen molar-refractivity contribution in [2.75, 3.05) is 6.61 Å². The fourth-order valence-corrected chi connectivity index (χ4v) is 2.66. The van der Waals surface area contributed by atoms with Crippen LogP contribution < -0.4 is 0 Å². The second-order valence-electron chi connectivity index (χ2n) is 5.59. The van der Waals surface area contributed by atoms with Crippen LogP contribution in [0.5, 0.6) is 0 Å². The predicted molar refractivity (Wildman–Crippen MR) is 88.9 cm³/mol. The van der Waals surface area contributed by atoms with E-state index in [-0.39, 0.29) is 5.97 Å². The van der Waals surface area contributed by atoms with E-state index in [1.807, 2.05) is 18.2 Å². The van der Waals surface area contributed by atoms with Gasteiger partial charge in [0.25, 0.3) is 0 Å². The van der Waals surface area contributed by atoms with Crippen LogP contribution in [-0.4, -0.2) is 27.3 Å². The molecule has 2 heterocycles. The van der Waals surface area contributed by atoms with E-state index in [0.717, 1.165) is 5.69 Å². The minimum Gasteiger partial charge on any atom is -0.462 e. The quantitative estimate of drug-likeness (QED) is 0.689. The number of aromatic nitrogens is 3. The van der Waals surface area contributed by atoms with Gasteiger partial charge in [-0.15, -0.1) is 0 Å². The number of esters is 1. The monoisotopic (exact) mass is 309 g/mol. The third-order valence-electron chi connectivity index (χ3n) is 3.75. The van der Waals surface area contributed by atoms with Crippen molar-refractivity contribution in [3.63, 3.8) is 0 Å². The summed E-state index contributed by atoms with van der Waals surface area (Å²) in [6, 6.07) is 9.76. The molecular formula is C18H19N3O2. The molecule has 0 bridgehead atoms. The molecule has 2 aromatic heterocycles. The Hall–Kier alpha value is -2.69. The molecule has 3 aromatic rings. The van der Waals surface area contributed by atoms with Gasteiger partial charge in [0.1, 0.15) is 0 Å². The van der Waals surface area contributed by atoms with Crippen molar-refractivity contribution in [1.29, 1.82) is 0 Å². The van der Waals surface area contributed by atoms with Gasteiger partial charge in [0.2, 0.25) is 0 Å². The third kappa shape index (κ3) is 2.70. The maximum Gasteiger partial charge on any atom is 0.338 e. The molecular weight excluding hydrogens is 290 g/mol. The van der Waals surface area contributed by atoms with E-state index in [0.29, 0.717) is 29.1 Å². The first kappa shape index (κ1) is 15.2. The Kier molecular flexibility index (Phi) is 4.10. The SMILES string of the molecule is CCOC(=O)c1ccnc2c1cnn2-c1ccccc1C(C)C. The van der Waals surface area contributed by atoms with Gasteiger partial charge in [-0.05, 0) is 30.5 Å². The van der Waals surface area contributed by atoms with Gasteiger partial charge in [0.05, 0.1) is 29.4 Å². The van der Waals surface area contributed by atoms with Crippen LogP contribution in [-0.2, 0) is 4.74 Å². The number of para-hydroxylation sites is 1. The number of rotatable bonds is 4. The highest BCUT2D eigenvalue weighted by atomic mass is 16.5. The standard InChI is InChI=1S/C18H19N3O2/c1-4-23-18(22)14-9-10-19-17-15(14)11-20-21(17)16-8-6-5-7-13(16)12(2)3/h5-12H,4H2,1-3H3. The highest BCUT2D eigenvalue weighted by molar-refractivity contribution is 6.02. The zero-order valence-corrected chi connectivity index (χ0v) is 13.5. The summed E-state index contributed by atoms with van der Waals surface area (Å²) in [5.74, 6) is 0.00952. The number of fused-ring (bicyclic) bond motifs is 1. The number of hydrogen-bond donors (Lipinski definition) is 0. The van der Waals surface area contributed by atoms with Crippen molar-refractivity contribution in [2.45, 2.75) is 26.7 Å². The molecule has 1 aromatic carbocycles. The third-order valence-corrected chi connectivity index (χ3v) is 3.75. The first-order valence-corrected chi connectivity index (χ1v) is 7.72. The Balaban J connectivity index is 2.18. The molecule has 5 heteroatoms. The molecule has 0 aliphatic rings. The van der Waals surface area contributed by atoms with E-state index >= 15 is 0 Å². The van der Waals surface area contributed by atoms with Crippen LogP contribution >= 0.6 is 0 Å². The lowest BCUT2D eigenvalue weighted by molar-refractivity contribution is 0.0528. The van der Waals surface area contributed by atoms with Gasteiger partial charge in [-0.3, -0.25) is 0 Å². The predicted octanol–water partition coefficient (Wildman–Crippen LogP) is 3.72. The maximum atomic E-state index is 12.1. The molecule has 23 heavy (non-hydrogen) atoms. The summed E-state index contributed by atoms with van der Waals surface area (Å²) in [7, 11) is 0. The van der Waals surface area contributed by atoms with E-state index in [2.05, 4.69) is 30.0 Å². The Morgan fingerprint density at radius 2 is 2.04 bits per heavy atom. The summed E-state index contributed by atoms with van der Waals surface area (Å²) in [4.78, 5) is 16.5. The molecule has 0 unspecified atom stereocenters. The summed E-state index contributed by atoms with van der Waals surface area (Å²) < 4.78 is 6.89. The summed E-state index contributed by atoms with van der Waals surface area (Å²) in [6.07, 6.45) is 3.29. The second-order valence-corrected chi connectivity index (χ2v) is 5.59. The van der Waals surface area contributed by atoms with Gasteiger partial charge in [0, 0.05) is 6.20 Å². The number of carbonyl (C=O) groups excluding carboxylic acids is 1. The molecule has 0 N–H and O–H groups in total. The van der Waals surface area contributed by atoms with Crippen molar-refractivity contribution in [2.24, 2.45) is 0 Å². The van der Waals surface area contributed by atoms with E-state index < -0.39 is 0 Å². The van der Waals surface area contributed by atoms with E-state index in [9.17, 15) is 4.79 Å². The van der Waals surface area contributed by atoms with Crippen LogP contribution in [0.3, 0.4) is 0 Å². The van der Waals surface area contributed by atoms with Crippen LogP contribution in [0.15, 0.2) is 42.7 Å². The van der Waals surface area contributed by atoms with Gasteiger partial charge in [0.15, 0.2) is 5.65 Å². The number of carbonyl (C=O) groups is 1. The van der Waals surface area contributed by atoms with Gasteiger partial charge in [-0.25, -0.2) is 14.5 Å². The maximum absolute atomic E-state index is 12.1. The molecule has 0 saturated heterocycles. The van der Waals surface area contributed by atoms with Crippen molar-refractivity contribution in [3.05, 3.63) is 53.9 Å². The molecule has 0 radical (unpaired) electrons. The largest absolute Gasteiger partial charge is 0.462 e. The lowest BCUT2D eigenvalue weighted by atomic mass is 10.0. The van der Waals surface area contributed by atoms with Crippen LogP contribution in [0.2, 0.25) is 0 Å². The highest BCUT2D eigenvalue weighted by Gasteiger charge is 2.17. The molecule has 0 amide bonds. The average Bonchev–Trinajstić information content (AvgIpc) is 2.98. The van der Waals surface area contributed by atoms with Crippen LogP contribution in [0.4, 0.5) is 0 Å². The lowest BCUT2D eigenvalue weighted by Crippen LogP contribution is -2.06. The van der Waals surface area contributed by atoms with E-state index in [1.165, 1.54) is 5.56 Å². The average molecular weight is 309 g/mol. The van der Waals surface area contributed by atoms with Crippen LogP contribution in [0.25, 0.3) is 16.7 Å². The summed E-state index contributed by atoms with van der Waals surface area (Å²) in [6.45, 7) is 6.41. The van der Waals surface area contributed by atoms with E-state index in [4.69, 9.17) is 4.74 Å². The van der Waals surface area contributed by atoms with Gasteiger partial charge in [-0.2, -0.15) is 5.10 Å². The molecule has 5 nitrogen and oxygen atoms in total. The van der Waals surface area contributed by atoms with Crippen LogP contribution in [0, 0.1) is 0 Å². The van der Waals surface area contributed by atoms with Gasteiger partial charge < -0.3 is 4.74 Å². The van der Waals surface area contributed by atoms with Crippen molar-refractivity contribution in [3.8, 4) is 5.69 Å². The smallest absolute Gasteiger partial charge is 0.338 e. The topological polar surface area (TPSA) is 57.0 Å². The molecule has 0 aliphatic carbocycles. The zero-order valence-electron chi connectivity index (χ0n) is 13.5. The molecule has 3 rings (SSSR count). The first-order chi connectivity index (χ1) is 11.1. The number of nitrogens with zero attached hydrogens (tertiary/aromatic N) is 3. The molecule has 0 saturated carbocycles. The minimum atomic E-state index is -0.350. The molecule has 0 fully saturated rings. The Bertz CT molecular complexity index is 852. The second kappa shape index (κ2) is 6.20. The number of benzene rings is 1. The van der Waals surface area contributed by atoms with E-state index in [1.54, 1.807) is 30.1 Å². The molecule has 118 valence electrons. The van der Waals surface area contributed by atoms with Crippen molar-refractivity contribution in [1.82, 2.24) is 14.8 Å². The first-order valence-electron chi connectivity index (χ1n) is 7.72. The summed E-state index contributed by atoms with van der Waals surface area (Å²) in [5, 5.41) is 5.16. The molecule has 0 atom stereocenters. The molecule has 0 aliphatic heterocycles. The number of ether oxygens (including phenoxy) is 1. The highest BCUT2D eigenvalue weighted by Crippen LogP contribution is 2.26. The van der Waals surface area contributed by atoms with Crippen LogP contribution in [0.1, 0.15) is 42.6 Å².